The van der Waals surface area contributed by atoms with Crippen molar-refractivity contribution in [1.82, 2.24) is 4.57 Å². The van der Waals surface area contributed by atoms with Crippen molar-refractivity contribution in [2.45, 2.75) is 6.92 Å². The average molecular weight is 421 g/mol. The van der Waals surface area contributed by atoms with Crippen LogP contribution in [0.25, 0.3) is 16.5 Å². The van der Waals surface area contributed by atoms with Crippen molar-refractivity contribution in [3.05, 3.63) is 90.8 Å². The number of halogens is 2. The standard InChI is InChI=1S/C13H10N.C6H7.2ClH.Zr/c1-2-6-12-10-13(9-11(12)5-1)14-7-3-4-8-14;1-6-4-2-3-5-6;;;/h1-10H;2-5H,1H3;2*1H;/q2*-1;;;+4/p-2. The predicted molar refractivity (Wildman–Crippen MR) is 85.6 cm³/mol. The van der Waals surface area contributed by atoms with Crippen molar-refractivity contribution in [2.75, 3.05) is 0 Å². The van der Waals surface area contributed by atoms with Crippen LogP contribution in [0.4, 0.5) is 0 Å². The third-order valence-corrected chi connectivity index (χ3v) is 3.33. The number of nitrogens with zero attached hydrogens (tertiary/aromatic N) is 1. The normalized spacial score (nSPS) is 8.91. The van der Waals surface area contributed by atoms with Gasteiger partial charge in [0.1, 0.15) is 0 Å². The third-order valence-electron chi connectivity index (χ3n) is 3.33. The molecule has 0 aliphatic carbocycles. The number of aromatic nitrogens is 1. The van der Waals surface area contributed by atoms with Gasteiger partial charge in [-0.2, -0.15) is 17.7 Å². The van der Waals surface area contributed by atoms with Gasteiger partial charge in [-0.05, 0) is 17.8 Å². The van der Waals surface area contributed by atoms with Gasteiger partial charge in [0.05, 0.1) is 0 Å². The smallest absolute Gasteiger partial charge is 1.00 e. The Labute approximate surface area is 169 Å². The molecule has 0 unspecified atom stereocenters. The molecule has 116 valence electrons. The van der Waals surface area contributed by atoms with Crippen molar-refractivity contribution < 1.29 is 51.0 Å². The molecule has 0 spiro atoms. The van der Waals surface area contributed by atoms with Gasteiger partial charge in [-0.1, -0.05) is 13.0 Å². The van der Waals surface area contributed by atoms with E-state index in [1.807, 2.05) is 24.3 Å². The summed E-state index contributed by atoms with van der Waals surface area (Å²) < 4.78 is 2.12. The molecule has 1 aromatic heterocycles. The first-order valence-corrected chi connectivity index (χ1v) is 6.80. The van der Waals surface area contributed by atoms with Crippen LogP contribution in [0.15, 0.2) is 85.2 Å². The van der Waals surface area contributed by atoms with Gasteiger partial charge in [0, 0.05) is 12.4 Å². The fraction of sp³-hybridized carbons (Fsp3) is 0.0526. The first kappa shape index (κ1) is 21.9. The summed E-state index contributed by atoms with van der Waals surface area (Å²) in [6, 6.07) is 25.2. The quantitative estimate of drug-likeness (QED) is 0.350. The van der Waals surface area contributed by atoms with Gasteiger partial charge in [0.2, 0.25) is 0 Å². The predicted octanol–water partition coefficient (Wildman–Crippen LogP) is -0.931. The molecule has 0 aliphatic heterocycles. The van der Waals surface area contributed by atoms with Gasteiger partial charge in [-0.15, -0.1) is 41.1 Å². The molecule has 1 heterocycles. The number of hydrogen-bond acceptors (Lipinski definition) is 0. The van der Waals surface area contributed by atoms with Gasteiger partial charge < -0.3 is 29.4 Å². The van der Waals surface area contributed by atoms with Gasteiger partial charge in [0.15, 0.2) is 0 Å². The zero-order chi connectivity index (χ0) is 13.8. The molecule has 4 heteroatoms. The second-order valence-corrected chi connectivity index (χ2v) is 4.90. The maximum atomic E-state index is 2.20. The summed E-state index contributed by atoms with van der Waals surface area (Å²) in [7, 11) is 0. The summed E-state index contributed by atoms with van der Waals surface area (Å²) in [5.41, 5.74) is 2.58. The Kier molecular flexibility index (Phi) is 10.2. The number of fused-ring (bicyclic) bond motifs is 1. The Bertz CT molecular complexity index is 738. The topological polar surface area (TPSA) is 4.93 Å². The summed E-state index contributed by atoms with van der Waals surface area (Å²) >= 11 is 0. The monoisotopic (exact) mass is 419 g/mol. The van der Waals surface area contributed by atoms with E-state index in [-0.39, 0.29) is 51.0 Å². The molecule has 0 bridgehead atoms. The van der Waals surface area contributed by atoms with Crippen molar-refractivity contribution in [3.63, 3.8) is 0 Å². The minimum absolute atomic E-state index is 0. The molecule has 0 amide bonds. The molecule has 4 aromatic rings. The Morgan fingerprint density at radius 2 is 1.48 bits per heavy atom. The van der Waals surface area contributed by atoms with Crippen LogP contribution in [0.5, 0.6) is 0 Å². The SMILES string of the molecule is C[c-]1cccc1.[Cl-].[Cl-].[Zr+4].c1ccc2[cH-]c(-n3cccc3)cc2c1. The van der Waals surface area contributed by atoms with Crippen molar-refractivity contribution in [2.24, 2.45) is 0 Å². The van der Waals surface area contributed by atoms with Crippen LogP contribution < -0.4 is 24.8 Å². The Morgan fingerprint density at radius 1 is 0.870 bits per heavy atom. The molecular weight excluding hydrogens is 404 g/mol. The van der Waals surface area contributed by atoms with E-state index in [9.17, 15) is 0 Å². The van der Waals surface area contributed by atoms with Crippen LogP contribution in [0, 0.1) is 6.92 Å². The van der Waals surface area contributed by atoms with Crippen LogP contribution in [0.2, 0.25) is 0 Å². The largest absolute Gasteiger partial charge is 4.00 e. The maximum Gasteiger partial charge on any atom is 4.00 e. The Balaban J connectivity index is 0.000000469. The fourth-order valence-electron chi connectivity index (χ4n) is 2.26. The van der Waals surface area contributed by atoms with E-state index in [4.69, 9.17) is 0 Å². The summed E-state index contributed by atoms with van der Waals surface area (Å²) in [5.74, 6) is 0. The van der Waals surface area contributed by atoms with Crippen LogP contribution in [-0.4, -0.2) is 4.57 Å². The van der Waals surface area contributed by atoms with Gasteiger partial charge >= 0.3 is 26.2 Å². The van der Waals surface area contributed by atoms with Gasteiger partial charge in [-0.3, -0.25) is 0 Å². The summed E-state index contributed by atoms with van der Waals surface area (Å²) in [4.78, 5) is 0. The molecule has 1 nitrogen and oxygen atoms in total. The van der Waals surface area contributed by atoms with Gasteiger partial charge in [-0.25, -0.2) is 12.1 Å². The van der Waals surface area contributed by atoms with E-state index >= 15 is 0 Å². The molecular formula is C19H17Cl2NZr. The summed E-state index contributed by atoms with van der Waals surface area (Å²) in [6.07, 6.45) is 4.13. The molecule has 0 saturated heterocycles. The van der Waals surface area contributed by atoms with Gasteiger partial charge in [0.25, 0.3) is 0 Å². The molecule has 4 rings (SSSR count). The van der Waals surface area contributed by atoms with Crippen molar-refractivity contribution in [1.29, 1.82) is 0 Å². The molecule has 3 aromatic carbocycles. The van der Waals surface area contributed by atoms with E-state index in [0.29, 0.717) is 0 Å². The molecule has 0 radical (unpaired) electrons. The van der Waals surface area contributed by atoms with Crippen LogP contribution in [0.1, 0.15) is 5.56 Å². The third kappa shape index (κ3) is 5.81. The molecule has 0 aliphatic rings. The number of benzene rings is 1. The molecule has 0 fully saturated rings. The van der Waals surface area contributed by atoms with Crippen molar-refractivity contribution >= 4 is 10.8 Å². The zero-order valence-corrected chi connectivity index (χ0v) is 16.8. The number of hydrogen-bond donors (Lipinski definition) is 0. The molecule has 0 N–H and O–H groups in total. The average Bonchev–Trinajstić information content (AvgIpc) is 3.20. The summed E-state index contributed by atoms with van der Waals surface area (Å²) in [5, 5.41) is 2.60. The van der Waals surface area contributed by atoms with E-state index in [1.165, 1.54) is 22.0 Å². The van der Waals surface area contributed by atoms with E-state index in [1.54, 1.807) is 0 Å². The van der Waals surface area contributed by atoms with Crippen LogP contribution in [0.3, 0.4) is 0 Å². The minimum Gasteiger partial charge on any atom is -1.00 e. The van der Waals surface area contributed by atoms with E-state index < -0.39 is 0 Å². The molecule has 23 heavy (non-hydrogen) atoms. The Hall–Kier alpha value is -1.08. The fourth-order valence-corrected chi connectivity index (χ4v) is 2.26. The maximum absolute atomic E-state index is 2.20. The van der Waals surface area contributed by atoms with E-state index in [0.717, 1.165) is 0 Å². The minimum atomic E-state index is 0. The first-order valence-electron chi connectivity index (χ1n) is 6.80. The number of aryl methyl sites for hydroxylation is 1. The molecule has 0 saturated carbocycles. The second-order valence-electron chi connectivity index (χ2n) is 4.90. The summed E-state index contributed by atoms with van der Waals surface area (Å²) in [6.45, 7) is 2.08. The Morgan fingerprint density at radius 3 is 2.00 bits per heavy atom. The molecule has 0 atom stereocenters. The second kappa shape index (κ2) is 10.7. The zero-order valence-electron chi connectivity index (χ0n) is 12.8. The van der Waals surface area contributed by atoms with Crippen LogP contribution in [-0.2, 0) is 26.2 Å². The van der Waals surface area contributed by atoms with E-state index in [2.05, 4.69) is 72.4 Å². The van der Waals surface area contributed by atoms with Crippen molar-refractivity contribution in [3.8, 4) is 5.69 Å². The first-order chi connectivity index (χ1) is 9.83. The number of rotatable bonds is 1. The van der Waals surface area contributed by atoms with Crippen LogP contribution >= 0.6 is 0 Å².